The number of carbonyl (C=O) groups excluding carboxylic acids is 1. The van der Waals surface area contributed by atoms with Crippen LogP contribution in [0.1, 0.15) is 12.5 Å². The van der Waals surface area contributed by atoms with Gasteiger partial charge in [0.25, 0.3) is 0 Å². The first-order chi connectivity index (χ1) is 8.67. The van der Waals surface area contributed by atoms with E-state index in [1.54, 1.807) is 6.92 Å². The second-order valence-corrected chi connectivity index (χ2v) is 3.86. The van der Waals surface area contributed by atoms with Gasteiger partial charge in [-0.25, -0.2) is 4.79 Å². The molecule has 0 amide bonds. The average Bonchev–Trinajstić information content (AvgIpc) is 2.77. The van der Waals surface area contributed by atoms with Crippen LogP contribution in [0.4, 0.5) is 0 Å². The molecule has 6 heteroatoms. The van der Waals surface area contributed by atoms with Crippen molar-refractivity contribution in [3.05, 3.63) is 29.0 Å². The van der Waals surface area contributed by atoms with E-state index >= 15 is 0 Å². The van der Waals surface area contributed by atoms with Gasteiger partial charge in [-0.2, -0.15) is 0 Å². The lowest BCUT2D eigenvalue weighted by Crippen LogP contribution is -2.07. The Labute approximate surface area is 109 Å². The molecule has 18 heavy (non-hydrogen) atoms. The van der Waals surface area contributed by atoms with Crippen molar-refractivity contribution in [3.63, 3.8) is 0 Å². The van der Waals surface area contributed by atoms with Crippen LogP contribution in [0.2, 0.25) is 5.02 Å². The molecular formula is C12H11ClO5. The van der Waals surface area contributed by atoms with Crippen LogP contribution in [0.15, 0.2) is 18.4 Å². The largest absolute Gasteiger partial charge is 0.515 e. The van der Waals surface area contributed by atoms with Gasteiger partial charge in [-0.05, 0) is 13.0 Å². The predicted octanol–water partition coefficient (Wildman–Crippen LogP) is 2.53. The first kappa shape index (κ1) is 12.6. The molecule has 0 saturated heterocycles. The Morgan fingerprint density at radius 2 is 2.17 bits per heavy atom. The Bertz CT molecular complexity index is 509. The second kappa shape index (κ2) is 5.18. The van der Waals surface area contributed by atoms with Crippen molar-refractivity contribution in [2.45, 2.75) is 6.92 Å². The van der Waals surface area contributed by atoms with Gasteiger partial charge in [0.2, 0.25) is 6.79 Å². The quantitative estimate of drug-likeness (QED) is 0.519. The van der Waals surface area contributed by atoms with Crippen LogP contribution < -0.4 is 9.47 Å². The molecule has 0 aromatic heterocycles. The number of ether oxygens (including phenoxy) is 3. The van der Waals surface area contributed by atoms with Crippen molar-refractivity contribution >= 4 is 23.1 Å². The molecule has 1 aromatic carbocycles. The first-order valence-electron chi connectivity index (χ1n) is 5.28. The molecule has 0 saturated carbocycles. The number of esters is 1. The van der Waals surface area contributed by atoms with Crippen molar-refractivity contribution in [2.24, 2.45) is 0 Å². The smallest absolute Gasteiger partial charge is 0.341 e. The molecule has 0 bridgehead atoms. The molecule has 5 nitrogen and oxygen atoms in total. The minimum atomic E-state index is -0.652. The van der Waals surface area contributed by atoms with E-state index in [1.807, 2.05) is 0 Å². The molecule has 1 N–H and O–H groups in total. The number of carbonyl (C=O) groups is 1. The molecule has 0 radical (unpaired) electrons. The van der Waals surface area contributed by atoms with Crippen LogP contribution in [-0.4, -0.2) is 24.5 Å². The van der Waals surface area contributed by atoms with Crippen LogP contribution in [0.5, 0.6) is 11.5 Å². The van der Waals surface area contributed by atoms with Crippen LogP contribution in [0.3, 0.4) is 0 Å². The molecule has 1 aliphatic heterocycles. The van der Waals surface area contributed by atoms with Crippen molar-refractivity contribution in [2.75, 3.05) is 13.4 Å². The maximum absolute atomic E-state index is 11.6. The van der Waals surface area contributed by atoms with E-state index in [2.05, 4.69) is 0 Å². The first-order valence-corrected chi connectivity index (χ1v) is 5.66. The molecule has 1 aromatic rings. The fraction of sp³-hybridized carbons (Fsp3) is 0.250. The lowest BCUT2D eigenvalue weighted by molar-refractivity contribution is -0.136. The third kappa shape index (κ3) is 2.22. The summed E-state index contributed by atoms with van der Waals surface area (Å²) in [6.07, 6.45) is 0.668. The SMILES string of the molecule is CCOC(=O)/C(=C\O)c1cc2c(cc1Cl)OCO2. The van der Waals surface area contributed by atoms with Gasteiger partial charge >= 0.3 is 5.97 Å². The van der Waals surface area contributed by atoms with Crippen LogP contribution in [-0.2, 0) is 9.53 Å². The summed E-state index contributed by atoms with van der Waals surface area (Å²) in [6.45, 7) is 1.99. The second-order valence-electron chi connectivity index (χ2n) is 3.45. The summed E-state index contributed by atoms with van der Waals surface area (Å²) in [5.74, 6) is 0.323. The van der Waals surface area contributed by atoms with E-state index in [0.29, 0.717) is 23.3 Å². The van der Waals surface area contributed by atoms with Gasteiger partial charge in [-0.15, -0.1) is 0 Å². The van der Waals surface area contributed by atoms with E-state index in [0.717, 1.165) is 0 Å². The van der Waals surface area contributed by atoms with Gasteiger partial charge in [0.05, 0.1) is 17.9 Å². The van der Waals surface area contributed by atoms with Gasteiger partial charge < -0.3 is 19.3 Å². The van der Waals surface area contributed by atoms with Gasteiger partial charge in [-0.3, -0.25) is 0 Å². The number of halogens is 1. The van der Waals surface area contributed by atoms with Crippen molar-refractivity contribution < 1.29 is 24.1 Å². The fourth-order valence-corrected chi connectivity index (χ4v) is 1.82. The third-order valence-electron chi connectivity index (χ3n) is 2.38. The van der Waals surface area contributed by atoms with Crippen LogP contribution in [0.25, 0.3) is 5.57 Å². The van der Waals surface area contributed by atoms with E-state index in [4.69, 9.17) is 30.9 Å². The Kier molecular flexibility index (Phi) is 3.62. The molecule has 0 atom stereocenters. The summed E-state index contributed by atoms with van der Waals surface area (Å²) in [7, 11) is 0. The minimum Gasteiger partial charge on any atom is -0.515 e. The maximum Gasteiger partial charge on any atom is 0.341 e. The third-order valence-corrected chi connectivity index (χ3v) is 2.69. The summed E-state index contributed by atoms with van der Waals surface area (Å²) >= 11 is 6.03. The zero-order valence-electron chi connectivity index (χ0n) is 9.60. The van der Waals surface area contributed by atoms with Gasteiger partial charge in [-0.1, -0.05) is 11.6 Å². The molecular weight excluding hydrogens is 260 g/mol. The molecule has 0 unspecified atom stereocenters. The number of benzene rings is 1. The molecule has 1 aliphatic rings. The predicted molar refractivity (Wildman–Crippen MR) is 64.8 cm³/mol. The van der Waals surface area contributed by atoms with Crippen molar-refractivity contribution in [3.8, 4) is 11.5 Å². The van der Waals surface area contributed by atoms with E-state index in [9.17, 15) is 4.79 Å². The Balaban J connectivity index is 2.40. The fourth-order valence-electron chi connectivity index (χ4n) is 1.56. The summed E-state index contributed by atoms with van der Waals surface area (Å²) in [5, 5.41) is 9.43. The number of rotatable bonds is 3. The number of aliphatic hydroxyl groups excluding tert-OH is 1. The summed E-state index contributed by atoms with van der Waals surface area (Å²) in [4.78, 5) is 11.6. The molecule has 1 heterocycles. The Morgan fingerprint density at radius 3 is 2.78 bits per heavy atom. The minimum absolute atomic E-state index is 0.0276. The Morgan fingerprint density at radius 1 is 1.50 bits per heavy atom. The monoisotopic (exact) mass is 270 g/mol. The number of hydrogen-bond acceptors (Lipinski definition) is 5. The summed E-state index contributed by atoms with van der Waals surface area (Å²) in [5.41, 5.74) is 0.307. The summed E-state index contributed by atoms with van der Waals surface area (Å²) in [6, 6.07) is 3.06. The lowest BCUT2D eigenvalue weighted by atomic mass is 10.1. The average molecular weight is 271 g/mol. The normalized spacial score (nSPS) is 13.6. The lowest BCUT2D eigenvalue weighted by Gasteiger charge is -2.08. The molecule has 0 spiro atoms. The Hall–Kier alpha value is -1.88. The molecule has 0 aliphatic carbocycles. The molecule has 2 rings (SSSR count). The number of fused-ring (bicyclic) bond motifs is 1. The highest BCUT2D eigenvalue weighted by atomic mass is 35.5. The maximum atomic E-state index is 11.6. The van der Waals surface area contributed by atoms with E-state index < -0.39 is 5.97 Å². The zero-order chi connectivity index (χ0) is 13.1. The van der Waals surface area contributed by atoms with Crippen LogP contribution >= 0.6 is 11.6 Å². The highest BCUT2D eigenvalue weighted by molar-refractivity contribution is 6.34. The highest BCUT2D eigenvalue weighted by Gasteiger charge is 2.22. The standard InChI is InChI=1S/C12H11ClO5/c1-2-16-12(15)8(5-14)7-3-10-11(4-9(7)13)18-6-17-10/h3-5,14H,2,6H2,1H3/b8-5-. The topological polar surface area (TPSA) is 65.0 Å². The molecule has 96 valence electrons. The summed E-state index contributed by atoms with van der Waals surface area (Å²) < 4.78 is 15.2. The van der Waals surface area contributed by atoms with Gasteiger partial charge in [0.1, 0.15) is 5.57 Å². The number of hydrogen-bond donors (Lipinski definition) is 1. The van der Waals surface area contributed by atoms with Crippen molar-refractivity contribution in [1.29, 1.82) is 0 Å². The highest BCUT2D eigenvalue weighted by Crippen LogP contribution is 2.39. The van der Waals surface area contributed by atoms with Crippen molar-refractivity contribution in [1.82, 2.24) is 0 Å². The van der Waals surface area contributed by atoms with Gasteiger partial charge in [0.15, 0.2) is 11.5 Å². The van der Waals surface area contributed by atoms with E-state index in [-0.39, 0.29) is 24.0 Å². The van der Waals surface area contributed by atoms with Crippen LogP contribution in [0, 0.1) is 0 Å². The zero-order valence-corrected chi connectivity index (χ0v) is 10.4. The molecule has 0 fully saturated rings. The van der Waals surface area contributed by atoms with Gasteiger partial charge in [0, 0.05) is 11.6 Å². The number of aliphatic hydroxyl groups is 1. The van der Waals surface area contributed by atoms with E-state index in [1.165, 1.54) is 12.1 Å².